The van der Waals surface area contributed by atoms with Gasteiger partial charge in [0, 0.05) is 12.5 Å². The van der Waals surface area contributed by atoms with E-state index in [1.54, 1.807) is 24.3 Å². The third-order valence-electron chi connectivity index (χ3n) is 3.56. The molecule has 0 spiro atoms. The number of phenolic OH excluding ortho intramolecular Hbond substituents is 1. The summed E-state index contributed by atoms with van der Waals surface area (Å²) in [5.74, 6) is 0.292. The molecule has 0 saturated heterocycles. The average Bonchev–Trinajstić information content (AvgIpc) is 2.48. The van der Waals surface area contributed by atoms with E-state index in [9.17, 15) is 9.50 Å². The van der Waals surface area contributed by atoms with Crippen molar-refractivity contribution < 1.29 is 9.50 Å². The fourth-order valence-electron chi connectivity index (χ4n) is 2.44. The van der Waals surface area contributed by atoms with Crippen LogP contribution in [0.15, 0.2) is 48.5 Å². The molecule has 0 fully saturated rings. The van der Waals surface area contributed by atoms with Crippen molar-refractivity contribution in [2.45, 2.75) is 25.7 Å². The molecule has 0 aromatic heterocycles. The van der Waals surface area contributed by atoms with Crippen LogP contribution in [0, 0.1) is 5.82 Å². The van der Waals surface area contributed by atoms with Gasteiger partial charge in [-0.2, -0.15) is 0 Å². The van der Waals surface area contributed by atoms with Crippen LogP contribution < -0.4 is 5.32 Å². The maximum atomic E-state index is 13.5. The van der Waals surface area contributed by atoms with Crippen molar-refractivity contribution in [1.82, 2.24) is 5.32 Å². The second-order valence-corrected chi connectivity index (χ2v) is 5.33. The van der Waals surface area contributed by atoms with Crippen LogP contribution in [0.5, 0.6) is 5.75 Å². The lowest BCUT2D eigenvalue weighted by molar-refractivity contribution is 0.475. The molecule has 2 N–H and O–H groups in total. The van der Waals surface area contributed by atoms with Crippen molar-refractivity contribution >= 4 is 0 Å². The number of halogens is 1. The van der Waals surface area contributed by atoms with Crippen molar-refractivity contribution in [1.29, 1.82) is 0 Å². The molecule has 2 aromatic rings. The van der Waals surface area contributed by atoms with Crippen LogP contribution >= 0.6 is 0 Å². The van der Waals surface area contributed by atoms with Crippen LogP contribution in [0.2, 0.25) is 0 Å². The van der Waals surface area contributed by atoms with Crippen molar-refractivity contribution in [3.05, 3.63) is 65.5 Å². The third kappa shape index (κ3) is 4.87. The maximum absolute atomic E-state index is 13.5. The van der Waals surface area contributed by atoms with Gasteiger partial charge in [0.25, 0.3) is 0 Å². The van der Waals surface area contributed by atoms with E-state index in [1.807, 2.05) is 18.2 Å². The SMILES string of the molecule is CCCNCC(Cc1ccc(O)cc1)c1cccc(F)c1. The summed E-state index contributed by atoms with van der Waals surface area (Å²) in [5, 5.41) is 12.8. The number of aromatic hydroxyl groups is 1. The van der Waals surface area contributed by atoms with Gasteiger partial charge in [0.05, 0.1) is 0 Å². The quantitative estimate of drug-likeness (QED) is 0.758. The summed E-state index contributed by atoms with van der Waals surface area (Å²) in [6.45, 7) is 3.91. The summed E-state index contributed by atoms with van der Waals surface area (Å²) in [5.41, 5.74) is 2.15. The second kappa shape index (κ2) is 7.79. The van der Waals surface area contributed by atoms with Gasteiger partial charge in [-0.3, -0.25) is 0 Å². The zero-order valence-electron chi connectivity index (χ0n) is 12.3. The molecular weight excluding hydrogens is 265 g/mol. The van der Waals surface area contributed by atoms with Gasteiger partial charge >= 0.3 is 0 Å². The first-order chi connectivity index (χ1) is 10.2. The molecule has 21 heavy (non-hydrogen) atoms. The zero-order valence-corrected chi connectivity index (χ0v) is 12.3. The first-order valence-electron chi connectivity index (χ1n) is 7.43. The van der Waals surface area contributed by atoms with Crippen molar-refractivity contribution in [2.75, 3.05) is 13.1 Å². The number of nitrogens with one attached hydrogen (secondary N) is 1. The first-order valence-corrected chi connectivity index (χ1v) is 7.43. The van der Waals surface area contributed by atoms with Gasteiger partial charge in [-0.25, -0.2) is 4.39 Å². The molecule has 2 aromatic carbocycles. The molecule has 2 rings (SSSR count). The molecule has 112 valence electrons. The summed E-state index contributed by atoms with van der Waals surface area (Å²) < 4.78 is 13.5. The number of rotatable bonds is 7. The molecule has 0 saturated carbocycles. The molecule has 3 heteroatoms. The molecule has 0 bridgehead atoms. The van der Waals surface area contributed by atoms with E-state index in [-0.39, 0.29) is 17.5 Å². The standard InChI is InChI=1S/C18H22FNO/c1-2-10-20-13-16(15-4-3-5-17(19)12-15)11-14-6-8-18(21)9-7-14/h3-9,12,16,20-21H,2,10-11,13H2,1H3. The topological polar surface area (TPSA) is 32.3 Å². The Kier molecular flexibility index (Phi) is 5.76. The maximum Gasteiger partial charge on any atom is 0.123 e. The number of hydrogen-bond acceptors (Lipinski definition) is 2. The molecule has 0 aliphatic heterocycles. The average molecular weight is 287 g/mol. The van der Waals surface area contributed by atoms with Gasteiger partial charge in [-0.05, 0) is 54.8 Å². The Labute approximate surface area is 125 Å². The summed E-state index contributed by atoms with van der Waals surface area (Å²) in [6, 6.07) is 14.0. The van der Waals surface area contributed by atoms with Gasteiger partial charge in [0.15, 0.2) is 0 Å². The minimum atomic E-state index is -0.196. The highest BCUT2D eigenvalue weighted by Crippen LogP contribution is 2.22. The molecule has 0 aliphatic carbocycles. The zero-order chi connectivity index (χ0) is 15.1. The van der Waals surface area contributed by atoms with E-state index in [0.29, 0.717) is 0 Å². The summed E-state index contributed by atoms with van der Waals surface area (Å²) in [4.78, 5) is 0. The van der Waals surface area contributed by atoms with Crippen LogP contribution in [0.25, 0.3) is 0 Å². The van der Waals surface area contributed by atoms with E-state index < -0.39 is 0 Å². The Morgan fingerprint density at radius 2 is 1.90 bits per heavy atom. The molecule has 1 atom stereocenters. The smallest absolute Gasteiger partial charge is 0.123 e. The van der Waals surface area contributed by atoms with Crippen molar-refractivity contribution in [3.63, 3.8) is 0 Å². The third-order valence-corrected chi connectivity index (χ3v) is 3.56. The minimum absolute atomic E-state index is 0.196. The first kappa shape index (κ1) is 15.5. The molecule has 0 heterocycles. The van der Waals surface area contributed by atoms with Crippen LogP contribution in [0.3, 0.4) is 0 Å². The second-order valence-electron chi connectivity index (χ2n) is 5.33. The lowest BCUT2D eigenvalue weighted by Gasteiger charge is -2.18. The number of phenols is 1. The largest absolute Gasteiger partial charge is 0.508 e. The van der Waals surface area contributed by atoms with Gasteiger partial charge in [-0.1, -0.05) is 31.2 Å². The molecule has 2 nitrogen and oxygen atoms in total. The lowest BCUT2D eigenvalue weighted by atomic mass is 9.91. The highest BCUT2D eigenvalue weighted by Gasteiger charge is 2.13. The van der Waals surface area contributed by atoms with Gasteiger partial charge in [0.1, 0.15) is 11.6 Å². The number of hydrogen-bond donors (Lipinski definition) is 2. The minimum Gasteiger partial charge on any atom is -0.508 e. The Morgan fingerprint density at radius 3 is 2.57 bits per heavy atom. The van der Waals surface area contributed by atoms with E-state index in [0.717, 1.165) is 37.1 Å². The Balaban J connectivity index is 2.13. The predicted octanol–water partition coefficient (Wildman–Crippen LogP) is 3.86. The Morgan fingerprint density at radius 1 is 1.14 bits per heavy atom. The van der Waals surface area contributed by atoms with Crippen molar-refractivity contribution in [2.24, 2.45) is 0 Å². The van der Waals surface area contributed by atoms with Crippen LogP contribution in [-0.4, -0.2) is 18.2 Å². The fraction of sp³-hybridized carbons (Fsp3) is 0.333. The van der Waals surface area contributed by atoms with E-state index in [1.165, 1.54) is 6.07 Å². The molecular formula is C18H22FNO. The molecule has 0 amide bonds. The molecule has 1 unspecified atom stereocenters. The Hall–Kier alpha value is -1.87. The fourth-order valence-corrected chi connectivity index (χ4v) is 2.44. The van der Waals surface area contributed by atoms with Crippen molar-refractivity contribution in [3.8, 4) is 5.75 Å². The van der Waals surface area contributed by atoms with Gasteiger partial charge in [0.2, 0.25) is 0 Å². The monoisotopic (exact) mass is 287 g/mol. The molecule has 0 radical (unpaired) electrons. The predicted molar refractivity (Wildman–Crippen MR) is 84.1 cm³/mol. The Bertz CT molecular complexity index is 553. The normalized spacial score (nSPS) is 12.3. The van der Waals surface area contributed by atoms with Gasteiger partial charge < -0.3 is 10.4 Å². The van der Waals surface area contributed by atoms with Gasteiger partial charge in [-0.15, -0.1) is 0 Å². The number of benzene rings is 2. The van der Waals surface area contributed by atoms with E-state index >= 15 is 0 Å². The van der Waals surface area contributed by atoms with Crippen LogP contribution in [0.4, 0.5) is 4.39 Å². The lowest BCUT2D eigenvalue weighted by Crippen LogP contribution is -2.23. The summed E-state index contributed by atoms with van der Waals surface area (Å²) >= 11 is 0. The van der Waals surface area contributed by atoms with Crippen LogP contribution in [0.1, 0.15) is 30.4 Å². The summed E-state index contributed by atoms with van der Waals surface area (Å²) in [6.07, 6.45) is 1.90. The van der Waals surface area contributed by atoms with E-state index in [4.69, 9.17) is 0 Å². The highest BCUT2D eigenvalue weighted by atomic mass is 19.1. The van der Waals surface area contributed by atoms with E-state index in [2.05, 4.69) is 12.2 Å². The van der Waals surface area contributed by atoms with Crippen LogP contribution in [-0.2, 0) is 6.42 Å². The molecule has 0 aliphatic rings. The summed E-state index contributed by atoms with van der Waals surface area (Å²) in [7, 11) is 0. The highest BCUT2D eigenvalue weighted by molar-refractivity contribution is 5.29.